The van der Waals surface area contributed by atoms with Gasteiger partial charge in [0.1, 0.15) is 11.9 Å². The molecule has 1 fully saturated rings. The molecule has 2 aromatic carbocycles. The first-order chi connectivity index (χ1) is 19.4. The quantitative estimate of drug-likeness (QED) is 0.342. The van der Waals surface area contributed by atoms with Crippen LogP contribution in [-0.4, -0.2) is 50.9 Å². The van der Waals surface area contributed by atoms with Crippen molar-refractivity contribution in [3.63, 3.8) is 0 Å². The van der Waals surface area contributed by atoms with Gasteiger partial charge in [-0.2, -0.15) is 22.6 Å². The first kappa shape index (κ1) is 27.3. The van der Waals surface area contributed by atoms with E-state index in [-0.39, 0.29) is 42.6 Å². The summed E-state index contributed by atoms with van der Waals surface area (Å²) in [7, 11) is -4.24. The number of aliphatic hydroxyl groups is 1. The van der Waals surface area contributed by atoms with Gasteiger partial charge in [-0.25, -0.2) is 17.5 Å². The minimum atomic E-state index is -4.61. The molecule has 2 atom stereocenters. The number of aliphatic hydroxyl groups excluding tert-OH is 1. The number of fused-ring (bicyclic) bond motifs is 2. The van der Waals surface area contributed by atoms with Gasteiger partial charge < -0.3 is 9.52 Å². The van der Waals surface area contributed by atoms with E-state index in [1.165, 1.54) is 12.1 Å². The van der Waals surface area contributed by atoms with Crippen LogP contribution in [0.4, 0.5) is 17.6 Å². The number of halogens is 4. The van der Waals surface area contributed by atoms with Gasteiger partial charge in [0.25, 0.3) is 0 Å². The van der Waals surface area contributed by atoms with E-state index in [4.69, 9.17) is 4.42 Å². The fourth-order valence-electron chi connectivity index (χ4n) is 5.54. The van der Waals surface area contributed by atoms with Crippen molar-refractivity contribution in [1.29, 1.82) is 0 Å². The van der Waals surface area contributed by atoms with Crippen molar-refractivity contribution in [2.45, 2.75) is 36.9 Å². The predicted molar refractivity (Wildman–Crippen MR) is 136 cm³/mol. The molecule has 14 heteroatoms. The first-order valence-corrected chi connectivity index (χ1v) is 14.0. The zero-order chi connectivity index (χ0) is 29.2. The number of alkyl halides is 3. The Hall–Kier alpha value is -3.88. The number of hydrogen-bond acceptors (Lipinski definition) is 7. The Morgan fingerprint density at radius 3 is 2.41 bits per heavy atom. The maximum Gasteiger partial charge on any atom is 0.416 e. The topological polar surface area (TPSA) is 114 Å². The molecule has 1 aliphatic carbocycles. The van der Waals surface area contributed by atoms with Crippen LogP contribution in [0.15, 0.2) is 69.6 Å². The van der Waals surface area contributed by atoms with Gasteiger partial charge in [0.15, 0.2) is 0 Å². The average Bonchev–Trinajstić information content (AvgIpc) is 3.56. The maximum absolute atomic E-state index is 13.6. The highest BCUT2D eigenvalue weighted by Crippen LogP contribution is 2.52. The second-order valence-corrected chi connectivity index (χ2v) is 12.1. The molecular formula is C27H23F4N5O4S. The summed E-state index contributed by atoms with van der Waals surface area (Å²) in [6, 6.07) is 9.11. The van der Waals surface area contributed by atoms with E-state index in [0.717, 1.165) is 34.1 Å². The Balaban J connectivity index is 1.41. The van der Waals surface area contributed by atoms with Crippen LogP contribution in [0.5, 0.6) is 0 Å². The van der Waals surface area contributed by atoms with Gasteiger partial charge in [0.05, 0.1) is 28.0 Å². The Bertz CT molecular complexity index is 1750. The number of hydrogen-bond donors (Lipinski definition) is 1. The van der Waals surface area contributed by atoms with Crippen LogP contribution in [0.25, 0.3) is 11.8 Å². The van der Waals surface area contributed by atoms with E-state index in [1.54, 1.807) is 29.9 Å². The summed E-state index contributed by atoms with van der Waals surface area (Å²) in [5, 5.41) is 23.9. The third-order valence-electron chi connectivity index (χ3n) is 7.62. The van der Waals surface area contributed by atoms with Gasteiger partial charge in [-0.1, -0.05) is 5.57 Å². The monoisotopic (exact) mass is 589 g/mol. The molecule has 0 spiro atoms. The zero-order valence-electron chi connectivity index (χ0n) is 21.5. The highest BCUT2D eigenvalue weighted by atomic mass is 32.2. The lowest BCUT2D eigenvalue weighted by atomic mass is 9.65. The molecular weight excluding hydrogens is 566 g/mol. The molecule has 41 heavy (non-hydrogen) atoms. The normalized spacial score (nSPS) is 20.3. The first-order valence-electron chi connectivity index (χ1n) is 12.6. The molecule has 1 saturated heterocycles. The fraction of sp³-hybridized carbons (Fsp3) is 0.296. The second-order valence-electron chi connectivity index (χ2n) is 10.1. The summed E-state index contributed by atoms with van der Waals surface area (Å²) in [4.78, 5) is -0.295. The zero-order valence-corrected chi connectivity index (χ0v) is 22.3. The third kappa shape index (κ3) is 4.65. The van der Waals surface area contributed by atoms with E-state index < -0.39 is 39.1 Å². The van der Waals surface area contributed by atoms with Crippen molar-refractivity contribution in [3.8, 4) is 5.69 Å². The molecule has 6 rings (SSSR count). The van der Waals surface area contributed by atoms with Crippen molar-refractivity contribution in [2.75, 3.05) is 13.1 Å². The van der Waals surface area contributed by atoms with Crippen LogP contribution in [0.1, 0.15) is 41.1 Å². The molecule has 1 aliphatic heterocycles. The lowest BCUT2D eigenvalue weighted by molar-refractivity contribution is -0.137. The van der Waals surface area contributed by atoms with Gasteiger partial charge >= 0.3 is 6.18 Å². The van der Waals surface area contributed by atoms with E-state index >= 15 is 0 Å². The lowest BCUT2D eigenvalue weighted by Gasteiger charge is -2.47. The van der Waals surface area contributed by atoms with Gasteiger partial charge in [-0.05, 0) is 73.0 Å². The molecule has 4 aromatic rings. The number of aryl methyl sites for hydroxylation is 1. The van der Waals surface area contributed by atoms with E-state index in [9.17, 15) is 31.1 Å². The molecule has 0 saturated carbocycles. The standard InChI is InChI=1S/C27H23F4N5O4S/c1-16-33-34-25(40-16)24(37)26-13-17-14-32-36(21-6-4-20(28)5-7-21)23(17)12-19(26)10-11-35(15-26)41(38,39)22-8-2-18(3-9-22)27(29,30)31/h2-9,12,14,24,37H,10-11,13,15H2,1H3/t24-,26?/m1/s1. The summed E-state index contributed by atoms with van der Waals surface area (Å²) in [5.74, 6) is -0.269. The van der Waals surface area contributed by atoms with Crippen molar-refractivity contribution in [1.82, 2.24) is 24.3 Å². The van der Waals surface area contributed by atoms with Crippen LogP contribution in [0.2, 0.25) is 0 Å². The summed E-state index contributed by atoms with van der Waals surface area (Å²) in [6.07, 6.45) is -2.22. The third-order valence-corrected chi connectivity index (χ3v) is 9.48. The Kier molecular flexibility index (Phi) is 6.39. The number of piperidine rings is 1. The summed E-state index contributed by atoms with van der Waals surface area (Å²) in [5.41, 5.74) is 0.539. The van der Waals surface area contributed by atoms with Gasteiger partial charge in [-0.3, -0.25) is 0 Å². The molecule has 1 N–H and O–H groups in total. The number of rotatable bonds is 5. The average molecular weight is 590 g/mol. The highest BCUT2D eigenvalue weighted by Gasteiger charge is 2.52. The van der Waals surface area contributed by atoms with Crippen LogP contribution >= 0.6 is 0 Å². The number of nitrogens with zero attached hydrogens (tertiary/aromatic N) is 5. The number of aromatic nitrogens is 4. The van der Waals surface area contributed by atoms with Crippen LogP contribution in [0.3, 0.4) is 0 Å². The molecule has 0 radical (unpaired) electrons. The van der Waals surface area contributed by atoms with Crippen molar-refractivity contribution in [3.05, 3.63) is 94.7 Å². The van der Waals surface area contributed by atoms with Crippen LogP contribution < -0.4 is 0 Å². The Morgan fingerprint density at radius 2 is 1.78 bits per heavy atom. The Morgan fingerprint density at radius 1 is 1.07 bits per heavy atom. The second kappa shape index (κ2) is 9.60. The summed E-state index contributed by atoms with van der Waals surface area (Å²) in [6.45, 7) is 1.38. The summed E-state index contributed by atoms with van der Waals surface area (Å²) < 4.78 is 88.3. The maximum atomic E-state index is 13.6. The van der Waals surface area contributed by atoms with Gasteiger partial charge in [-0.15, -0.1) is 10.2 Å². The molecule has 0 bridgehead atoms. The molecule has 3 heterocycles. The minimum Gasteiger partial charge on any atom is -0.423 e. The lowest BCUT2D eigenvalue weighted by Crippen LogP contribution is -2.52. The molecule has 214 valence electrons. The molecule has 9 nitrogen and oxygen atoms in total. The van der Waals surface area contributed by atoms with Crippen molar-refractivity contribution in [2.24, 2.45) is 5.41 Å². The van der Waals surface area contributed by atoms with E-state index in [0.29, 0.717) is 16.9 Å². The highest BCUT2D eigenvalue weighted by molar-refractivity contribution is 7.89. The van der Waals surface area contributed by atoms with Crippen molar-refractivity contribution >= 4 is 16.1 Å². The van der Waals surface area contributed by atoms with Gasteiger partial charge in [0, 0.05) is 25.4 Å². The molecule has 2 aliphatic rings. The van der Waals surface area contributed by atoms with E-state index in [2.05, 4.69) is 15.3 Å². The minimum absolute atomic E-state index is 0.0204. The predicted octanol–water partition coefficient (Wildman–Crippen LogP) is 4.48. The SMILES string of the molecule is Cc1nnc([C@@H](O)C23Cc4cnn(-c5ccc(F)cc5)c4C=C2CCN(S(=O)(=O)c2ccc(C(F)(F)F)cc2)C3)o1. The number of benzene rings is 2. The number of sulfonamides is 1. The van der Waals surface area contributed by atoms with E-state index in [1.807, 2.05) is 6.08 Å². The largest absolute Gasteiger partial charge is 0.423 e. The van der Waals surface area contributed by atoms with Crippen LogP contribution in [0, 0.1) is 18.2 Å². The van der Waals surface area contributed by atoms with Gasteiger partial charge in [0.2, 0.25) is 21.8 Å². The molecule has 0 amide bonds. The smallest absolute Gasteiger partial charge is 0.416 e. The fourth-order valence-corrected chi connectivity index (χ4v) is 7.05. The molecule has 2 aromatic heterocycles. The van der Waals surface area contributed by atoms with Crippen LogP contribution in [-0.2, 0) is 22.6 Å². The van der Waals surface area contributed by atoms with Crippen molar-refractivity contribution < 1.29 is 35.5 Å². The Labute approximate surface area is 231 Å². The molecule has 1 unspecified atom stereocenters. The summed E-state index contributed by atoms with van der Waals surface area (Å²) >= 11 is 0.